The Hall–Kier alpha value is -2.74. The number of hydrogen-bond acceptors (Lipinski definition) is 5. The topological polar surface area (TPSA) is 66.7 Å². The van der Waals surface area contributed by atoms with Crippen molar-refractivity contribution in [1.82, 2.24) is 14.7 Å². The maximum absolute atomic E-state index is 13.2. The second kappa shape index (κ2) is 8.52. The highest BCUT2D eigenvalue weighted by Gasteiger charge is 2.19. The van der Waals surface area contributed by atoms with E-state index in [2.05, 4.69) is 22.1 Å². The van der Waals surface area contributed by atoms with E-state index >= 15 is 0 Å². The number of aryl methyl sites for hydroxylation is 1. The van der Waals surface area contributed by atoms with E-state index in [1.54, 1.807) is 12.1 Å². The van der Waals surface area contributed by atoms with Crippen molar-refractivity contribution in [3.05, 3.63) is 62.8 Å². The lowest BCUT2D eigenvalue weighted by atomic mass is 10.2. The van der Waals surface area contributed by atoms with Gasteiger partial charge in [0.05, 0.1) is 12.2 Å². The molecule has 2 heterocycles. The summed E-state index contributed by atoms with van der Waals surface area (Å²) < 4.78 is 14.6. The SMILES string of the molecule is CCCN(Cc1cc(=O)n2c(C(=O)NCC)c(C)sc2n1)c1ccc(F)cc1. The number of thiazole rings is 1. The number of nitrogens with zero attached hydrogens (tertiary/aromatic N) is 3. The first-order chi connectivity index (χ1) is 13.4. The average Bonchev–Trinajstić information content (AvgIpc) is 2.98. The molecule has 0 unspecified atom stereocenters. The summed E-state index contributed by atoms with van der Waals surface area (Å²) in [6.07, 6.45) is 0.901. The molecule has 3 rings (SSSR count). The number of carbonyl (C=O) groups is 1. The summed E-state index contributed by atoms with van der Waals surface area (Å²) in [5.74, 6) is -0.563. The lowest BCUT2D eigenvalue weighted by Crippen LogP contribution is -2.29. The van der Waals surface area contributed by atoms with Crippen molar-refractivity contribution in [2.24, 2.45) is 0 Å². The Morgan fingerprint density at radius 3 is 2.64 bits per heavy atom. The van der Waals surface area contributed by atoms with Crippen molar-refractivity contribution in [3.63, 3.8) is 0 Å². The number of anilines is 1. The third-order valence-corrected chi connectivity index (χ3v) is 5.29. The molecule has 1 amide bonds. The number of rotatable bonds is 7. The van der Waals surface area contributed by atoms with Crippen LogP contribution in [-0.4, -0.2) is 28.4 Å². The average molecular weight is 402 g/mol. The van der Waals surface area contributed by atoms with Crippen LogP contribution in [0.3, 0.4) is 0 Å². The Bertz CT molecular complexity index is 1040. The number of carbonyl (C=O) groups excluding carboxylic acids is 1. The Balaban J connectivity index is 1.98. The van der Waals surface area contributed by atoms with Gasteiger partial charge in [0.25, 0.3) is 11.5 Å². The lowest BCUT2D eigenvalue weighted by Gasteiger charge is -2.24. The van der Waals surface area contributed by atoms with Gasteiger partial charge in [-0.05, 0) is 44.5 Å². The summed E-state index contributed by atoms with van der Waals surface area (Å²) in [7, 11) is 0. The first kappa shape index (κ1) is 20.0. The van der Waals surface area contributed by atoms with Crippen LogP contribution >= 0.6 is 11.3 Å². The van der Waals surface area contributed by atoms with Gasteiger partial charge in [0.2, 0.25) is 0 Å². The van der Waals surface area contributed by atoms with E-state index in [9.17, 15) is 14.0 Å². The Morgan fingerprint density at radius 1 is 1.29 bits per heavy atom. The number of nitrogens with one attached hydrogen (secondary N) is 1. The van der Waals surface area contributed by atoms with Gasteiger partial charge in [-0.25, -0.2) is 13.8 Å². The molecule has 28 heavy (non-hydrogen) atoms. The fourth-order valence-corrected chi connectivity index (χ4v) is 4.12. The first-order valence-electron chi connectivity index (χ1n) is 9.25. The number of hydrogen-bond donors (Lipinski definition) is 1. The summed E-state index contributed by atoms with van der Waals surface area (Å²) in [5.41, 5.74) is 1.55. The Morgan fingerprint density at radius 2 is 2.00 bits per heavy atom. The van der Waals surface area contributed by atoms with Crippen molar-refractivity contribution in [2.45, 2.75) is 33.7 Å². The fraction of sp³-hybridized carbons (Fsp3) is 0.350. The zero-order valence-electron chi connectivity index (χ0n) is 16.2. The minimum atomic E-state index is -0.287. The van der Waals surface area contributed by atoms with Crippen molar-refractivity contribution < 1.29 is 9.18 Å². The van der Waals surface area contributed by atoms with Crippen LogP contribution in [0.5, 0.6) is 0 Å². The van der Waals surface area contributed by atoms with Gasteiger partial charge in [0.15, 0.2) is 4.96 Å². The summed E-state index contributed by atoms with van der Waals surface area (Å²) in [5, 5.41) is 2.74. The van der Waals surface area contributed by atoms with Gasteiger partial charge in [-0.1, -0.05) is 6.92 Å². The van der Waals surface area contributed by atoms with Crippen LogP contribution in [0.25, 0.3) is 4.96 Å². The third kappa shape index (κ3) is 4.06. The van der Waals surface area contributed by atoms with Crippen LogP contribution in [0.1, 0.15) is 41.3 Å². The second-order valence-corrected chi connectivity index (χ2v) is 7.65. The monoisotopic (exact) mass is 402 g/mol. The number of aromatic nitrogens is 2. The zero-order chi connectivity index (χ0) is 20.3. The molecule has 0 aliphatic carbocycles. The Labute approximate surface area is 166 Å². The van der Waals surface area contributed by atoms with Crippen molar-refractivity contribution in [1.29, 1.82) is 0 Å². The molecule has 0 radical (unpaired) electrons. The molecule has 6 nitrogen and oxygen atoms in total. The van der Waals surface area contributed by atoms with Crippen LogP contribution in [0, 0.1) is 12.7 Å². The maximum atomic E-state index is 13.2. The van der Waals surface area contributed by atoms with Crippen molar-refractivity contribution in [2.75, 3.05) is 18.0 Å². The smallest absolute Gasteiger partial charge is 0.269 e. The molecule has 0 saturated carbocycles. The van der Waals surface area contributed by atoms with Crippen LogP contribution < -0.4 is 15.8 Å². The van der Waals surface area contributed by atoms with Crippen LogP contribution in [0.2, 0.25) is 0 Å². The maximum Gasteiger partial charge on any atom is 0.269 e. The molecule has 0 atom stereocenters. The van der Waals surface area contributed by atoms with E-state index in [4.69, 9.17) is 0 Å². The van der Waals surface area contributed by atoms with E-state index in [0.717, 1.165) is 23.5 Å². The highest BCUT2D eigenvalue weighted by molar-refractivity contribution is 7.17. The van der Waals surface area contributed by atoms with Gasteiger partial charge in [-0.15, -0.1) is 11.3 Å². The molecule has 0 spiro atoms. The van der Waals surface area contributed by atoms with E-state index in [1.807, 2.05) is 13.8 Å². The summed E-state index contributed by atoms with van der Waals surface area (Å²) in [4.78, 5) is 33.0. The number of benzene rings is 1. The molecule has 2 aromatic heterocycles. The van der Waals surface area contributed by atoms with Crippen LogP contribution in [0.15, 0.2) is 35.1 Å². The van der Waals surface area contributed by atoms with E-state index < -0.39 is 0 Å². The quantitative estimate of drug-likeness (QED) is 0.658. The van der Waals surface area contributed by atoms with Crippen molar-refractivity contribution >= 4 is 27.9 Å². The lowest BCUT2D eigenvalue weighted by molar-refractivity contribution is 0.0949. The molecule has 0 fully saturated rings. The molecule has 0 aliphatic rings. The van der Waals surface area contributed by atoms with Gasteiger partial charge in [0.1, 0.15) is 11.5 Å². The standard InChI is InChI=1S/C20H23FN4O2S/c1-4-10-24(16-8-6-14(21)7-9-16)12-15-11-17(26)25-18(19(27)22-5-2)13(3)28-20(25)23-15/h6-9,11H,4-5,10,12H2,1-3H3,(H,22,27). The second-order valence-electron chi connectivity index (χ2n) is 6.47. The molecule has 1 N–H and O–H groups in total. The fourth-order valence-electron chi connectivity index (χ4n) is 3.13. The molecular weight excluding hydrogens is 379 g/mol. The minimum Gasteiger partial charge on any atom is -0.366 e. The minimum absolute atomic E-state index is 0.276. The number of amides is 1. The van der Waals surface area contributed by atoms with Crippen LogP contribution in [0.4, 0.5) is 10.1 Å². The van der Waals surface area contributed by atoms with E-state index in [0.29, 0.717) is 29.4 Å². The first-order valence-corrected chi connectivity index (χ1v) is 10.1. The number of fused-ring (bicyclic) bond motifs is 1. The van der Waals surface area contributed by atoms with Gasteiger partial charge >= 0.3 is 0 Å². The predicted molar refractivity (Wildman–Crippen MR) is 110 cm³/mol. The summed E-state index contributed by atoms with van der Waals surface area (Å²) in [6, 6.07) is 7.75. The molecule has 0 saturated heterocycles. The number of halogens is 1. The Kier molecular flexibility index (Phi) is 6.08. The van der Waals surface area contributed by atoms with Crippen molar-refractivity contribution in [3.8, 4) is 0 Å². The normalized spacial score (nSPS) is 11.0. The molecule has 0 aliphatic heterocycles. The van der Waals surface area contributed by atoms with Gasteiger partial charge < -0.3 is 10.2 Å². The highest BCUT2D eigenvalue weighted by atomic mass is 32.1. The van der Waals surface area contributed by atoms with Gasteiger partial charge in [-0.2, -0.15) is 0 Å². The molecular formula is C20H23FN4O2S. The summed E-state index contributed by atoms with van der Waals surface area (Å²) in [6.45, 7) is 7.37. The third-order valence-electron chi connectivity index (χ3n) is 4.33. The molecule has 3 aromatic rings. The van der Waals surface area contributed by atoms with Crippen LogP contribution in [-0.2, 0) is 6.54 Å². The van der Waals surface area contributed by atoms with E-state index in [-0.39, 0.29) is 17.3 Å². The zero-order valence-corrected chi connectivity index (χ0v) is 17.0. The molecule has 1 aromatic carbocycles. The predicted octanol–water partition coefficient (Wildman–Crippen LogP) is 3.37. The van der Waals surface area contributed by atoms with Gasteiger partial charge in [0, 0.05) is 29.7 Å². The van der Waals surface area contributed by atoms with Gasteiger partial charge in [-0.3, -0.25) is 9.59 Å². The molecule has 0 bridgehead atoms. The van der Waals surface area contributed by atoms with E-state index in [1.165, 1.54) is 33.9 Å². The highest BCUT2D eigenvalue weighted by Crippen LogP contribution is 2.21. The summed E-state index contributed by atoms with van der Waals surface area (Å²) >= 11 is 1.32. The molecule has 8 heteroatoms. The largest absolute Gasteiger partial charge is 0.366 e. The molecule has 148 valence electrons.